The van der Waals surface area contributed by atoms with Crippen molar-refractivity contribution in [3.05, 3.63) is 24.2 Å². The highest BCUT2D eigenvalue weighted by Gasteiger charge is 2.32. The summed E-state index contributed by atoms with van der Waals surface area (Å²) >= 11 is 0. The molecule has 1 aromatic rings. The summed E-state index contributed by atoms with van der Waals surface area (Å²) in [5.74, 6) is -1.12. The molecule has 0 saturated heterocycles. The molecule has 21 heavy (non-hydrogen) atoms. The van der Waals surface area contributed by atoms with E-state index >= 15 is 0 Å². The van der Waals surface area contributed by atoms with E-state index < -0.39 is 23.4 Å². The highest BCUT2D eigenvalue weighted by Crippen LogP contribution is 2.08. The zero-order valence-corrected chi connectivity index (χ0v) is 11.9. The smallest absolute Gasteiger partial charge is 0.329 e. The summed E-state index contributed by atoms with van der Waals surface area (Å²) in [6, 6.07) is 2.85. The van der Waals surface area contributed by atoms with Gasteiger partial charge in [-0.3, -0.25) is 4.79 Å². The molecule has 0 aromatic carbocycles. The normalized spacial score (nSPS) is 13.0. The summed E-state index contributed by atoms with van der Waals surface area (Å²) in [7, 11) is 0. The van der Waals surface area contributed by atoms with Crippen molar-refractivity contribution in [1.82, 2.24) is 16.0 Å². The minimum atomic E-state index is -1.34. The second kappa shape index (κ2) is 7.32. The molecule has 0 saturated carbocycles. The van der Waals surface area contributed by atoms with Crippen LogP contribution >= 0.6 is 0 Å². The van der Waals surface area contributed by atoms with Gasteiger partial charge in [0.2, 0.25) is 5.91 Å². The van der Waals surface area contributed by atoms with E-state index in [9.17, 15) is 14.4 Å². The number of nitrogens with one attached hydrogen (secondary N) is 3. The molecular weight excluding hydrogens is 278 g/mol. The van der Waals surface area contributed by atoms with Gasteiger partial charge in [-0.15, -0.1) is 0 Å². The number of carbonyl (C=O) groups excluding carboxylic acids is 2. The number of carbonyl (C=O) groups is 3. The Morgan fingerprint density at radius 3 is 2.57 bits per heavy atom. The Bertz CT molecular complexity index is 500. The van der Waals surface area contributed by atoms with Crippen molar-refractivity contribution in [3.8, 4) is 0 Å². The second-order valence-corrected chi connectivity index (χ2v) is 4.65. The molecule has 1 unspecified atom stereocenters. The van der Waals surface area contributed by atoms with E-state index in [1.165, 1.54) is 13.2 Å². The van der Waals surface area contributed by atoms with Crippen LogP contribution in [0.3, 0.4) is 0 Å². The van der Waals surface area contributed by atoms with Crippen molar-refractivity contribution >= 4 is 17.9 Å². The number of urea groups is 1. The maximum atomic E-state index is 11.6. The third-order valence-corrected chi connectivity index (χ3v) is 3.01. The topological polar surface area (TPSA) is 121 Å². The van der Waals surface area contributed by atoms with Crippen LogP contribution in [-0.4, -0.2) is 35.1 Å². The molecule has 3 amide bonds. The summed E-state index contributed by atoms with van der Waals surface area (Å²) in [6.07, 6.45) is 1.72. The first-order valence-corrected chi connectivity index (χ1v) is 6.46. The van der Waals surface area contributed by atoms with Gasteiger partial charge in [0.25, 0.3) is 0 Å². The van der Waals surface area contributed by atoms with E-state index in [1.54, 1.807) is 19.1 Å². The zero-order chi connectivity index (χ0) is 15.9. The van der Waals surface area contributed by atoms with Gasteiger partial charge >= 0.3 is 12.0 Å². The van der Waals surface area contributed by atoms with Gasteiger partial charge < -0.3 is 25.5 Å². The molecule has 4 N–H and O–H groups in total. The van der Waals surface area contributed by atoms with E-state index in [0.29, 0.717) is 5.76 Å². The number of hydrogen-bond donors (Lipinski definition) is 4. The predicted octanol–water partition coefficient (Wildman–Crippen LogP) is 0.448. The fraction of sp³-hybridized carbons (Fsp3) is 0.462. The molecule has 0 radical (unpaired) electrons. The number of furan rings is 1. The lowest BCUT2D eigenvalue weighted by Gasteiger charge is -2.24. The SMILES string of the molecule is CCC(C)(NC(=O)CNC(=O)NCc1ccco1)C(=O)O. The zero-order valence-electron chi connectivity index (χ0n) is 11.9. The lowest BCUT2D eigenvalue weighted by atomic mass is 9.99. The molecule has 0 aliphatic rings. The van der Waals surface area contributed by atoms with Gasteiger partial charge in [0.15, 0.2) is 0 Å². The largest absolute Gasteiger partial charge is 0.480 e. The van der Waals surface area contributed by atoms with Crippen LogP contribution in [0.2, 0.25) is 0 Å². The Kier molecular flexibility index (Phi) is 5.77. The highest BCUT2D eigenvalue weighted by molar-refractivity contribution is 5.89. The summed E-state index contributed by atoms with van der Waals surface area (Å²) in [5.41, 5.74) is -1.34. The van der Waals surface area contributed by atoms with Gasteiger partial charge in [-0.05, 0) is 25.5 Å². The van der Waals surface area contributed by atoms with E-state index in [1.807, 2.05) is 0 Å². The third-order valence-electron chi connectivity index (χ3n) is 3.01. The average Bonchev–Trinajstić information content (AvgIpc) is 2.95. The van der Waals surface area contributed by atoms with Crippen molar-refractivity contribution in [1.29, 1.82) is 0 Å². The lowest BCUT2D eigenvalue weighted by Crippen LogP contribution is -2.54. The molecule has 0 fully saturated rings. The molecule has 8 nitrogen and oxygen atoms in total. The molecule has 0 bridgehead atoms. The van der Waals surface area contributed by atoms with Gasteiger partial charge in [0.05, 0.1) is 19.4 Å². The number of hydrogen-bond acceptors (Lipinski definition) is 4. The summed E-state index contributed by atoms with van der Waals surface area (Å²) in [4.78, 5) is 34.1. The number of rotatable bonds is 7. The number of carboxylic acid groups (broad SMARTS) is 1. The fourth-order valence-electron chi connectivity index (χ4n) is 1.45. The van der Waals surface area contributed by atoms with E-state index in [-0.39, 0.29) is 19.5 Å². The number of aliphatic carboxylic acids is 1. The number of carboxylic acids is 1. The fourth-order valence-corrected chi connectivity index (χ4v) is 1.45. The summed E-state index contributed by atoms with van der Waals surface area (Å²) in [5, 5.41) is 16.2. The maximum absolute atomic E-state index is 11.6. The minimum absolute atomic E-state index is 0.197. The molecule has 8 heteroatoms. The Labute approximate surface area is 121 Å². The Balaban J connectivity index is 2.32. The molecule has 1 aromatic heterocycles. The average molecular weight is 297 g/mol. The number of amides is 3. The van der Waals surface area contributed by atoms with Crippen LogP contribution in [0, 0.1) is 0 Å². The molecule has 1 heterocycles. The van der Waals surface area contributed by atoms with Crippen LogP contribution in [0.1, 0.15) is 26.0 Å². The van der Waals surface area contributed by atoms with E-state index in [2.05, 4.69) is 16.0 Å². The highest BCUT2D eigenvalue weighted by atomic mass is 16.4. The first kappa shape index (κ1) is 16.5. The predicted molar refractivity (Wildman–Crippen MR) is 73.4 cm³/mol. The van der Waals surface area contributed by atoms with Gasteiger partial charge in [-0.2, -0.15) is 0 Å². The molecule has 0 spiro atoms. The summed E-state index contributed by atoms with van der Waals surface area (Å²) < 4.78 is 5.03. The van der Waals surface area contributed by atoms with Crippen LogP contribution in [0.25, 0.3) is 0 Å². The molecule has 1 atom stereocenters. The van der Waals surface area contributed by atoms with Crippen LogP contribution in [-0.2, 0) is 16.1 Å². The van der Waals surface area contributed by atoms with Crippen molar-refractivity contribution < 1.29 is 23.9 Å². The maximum Gasteiger partial charge on any atom is 0.329 e. The standard InChI is InChI=1S/C13H19N3O5/c1-3-13(2,11(18)19)16-10(17)8-15-12(20)14-7-9-5-4-6-21-9/h4-6H,3,7-8H2,1-2H3,(H,16,17)(H,18,19)(H2,14,15,20). The first-order chi connectivity index (χ1) is 9.87. The van der Waals surface area contributed by atoms with Gasteiger partial charge in [-0.25, -0.2) is 9.59 Å². The van der Waals surface area contributed by atoms with Crippen LogP contribution in [0.5, 0.6) is 0 Å². The third kappa shape index (κ3) is 5.17. The van der Waals surface area contributed by atoms with Crippen LogP contribution in [0.4, 0.5) is 4.79 Å². The van der Waals surface area contributed by atoms with E-state index in [4.69, 9.17) is 9.52 Å². The van der Waals surface area contributed by atoms with Gasteiger partial charge in [0.1, 0.15) is 11.3 Å². The van der Waals surface area contributed by atoms with Crippen LogP contribution in [0.15, 0.2) is 22.8 Å². The Morgan fingerprint density at radius 1 is 1.33 bits per heavy atom. The first-order valence-electron chi connectivity index (χ1n) is 6.46. The lowest BCUT2D eigenvalue weighted by molar-refractivity contribution is -0.146. The Hall–Kier alpha value is -2.51. The summed E-state index contributed by atoms with van der Waals surface area (Å²) in [6.45, 7) is 2.94. The monoisotopic (exact) mass is 297 g/mol. The van der Waals surface area contributed by atoms with E-state index in [0.717, 1.165) is 0 Å². The van der Waals surface area contributed by atoms with Gasteiger partial charge in [0, 0.05) is 0 Å². The molecule has 0 aliphatic carbocycles. The van der Waals surface area contributed by atoms with Crippen molar-refractivity contribution in [3.63, 3.8) is 0 Å². The van der Waals surface area contributed by atoms with Crippen LogP contribution < -0.4 is 16.0 Å². The quantitative estimate of drug-likeness (QED) is 0.582. The van der Waals surface area contributed by atoms with Crippen molar-refractivity contribution in [2.45, 2.75) is 32.4 Å². The molecule has 116 valence electrons. The van der Waals surface area contributed by atoms with Gasteiger partial charge in [-0.1, -0.05) is 6.92 Å². The Morgan fingerprint density at radius 2 is 2.05 bits per heavy atom. The second-order valence-electron chi connectivity index (χ2n) is 4.65. The van der Waals surface area contributed by atoms with Crippen molar-refractivity contribution in [2.75, 3.05) is 6.54 Å². The molecule has 0 aliphatic heterocycles. The van der Waals surface area contributed by atoms with Crippen molar-refractivity contribution in [2.24, 2.45) is 0 Å². The molecular formula is C13H19N3O5. The minimum Gasteiger partial charge on any atom is -0.480 e. The molecule has 1 rings (SSSR count).